The van der Waals surface area contributed by atoms with E-state index in [0.29, 0.717) is 18.7 Å². The van der Waals surface area contributed by atoms with Gasteiger partial charge in [-0.3, -0.25) is 4.79 Å². The van der Waals surface area contributed by atoms with E-state index in [1.54, 1.807) is 12.1 Å². The Morgan fingerprint density at radius 1 is 1.07 bits per heavy atom. The number of carbonyl (C=O) groups excluding carboxylic acids is 1. The molecule has 1 saturated heterocycles. The van der Waals surface area contributed by atoms with Crippen LogP contribution in [0.15, 0.2) is 59.5 Å². The van der Waals surface area contributed by atoms with Crippen molar-refractivity contribution in [3.63, 3.8) is 0 Å². The summed E-state index contributed by atoms with van der Waals surface area (Å²) in [5, 5.41) is 3.07. The quantitative estimate of drug-likeness (QED) is 0.726. The van der Waals surface area contributed by atoms with Gasteiger partial charge in [0.15, 0.2) is 0 Å². The molecule has 1 aliphatic rings. The molecule has 1 aliphatic heterocycles. The molecule has 3 unspecified atom stereocenters. The van der Waals surface area contributed by atoms with Crippen molar-refractivity contribution < 1.29 is 17.9 Å². The molecule has 3 atom stereocenters. The van der Waals surface area contributed by atoms with Crippen LogP contribution in [0.4, 0.5) is 0 Å². The Labute approximate surface area is 179 Å². The second-order valence-electron chi connectivity index (χ2n) is 7.83. The van der Waals surface area contributed by atoms with Crippen LogP contribution in [-0.4, -0.2) is 43.9 Å². The molecule has 30 heavy (non-hydrogen) atoms. The van der Waals surface area contributed by atoms with Crippen molar-refractivity contribution in [3.05, 3.63) is 65.7 Å². The molecule has 162 valence electrons. The highest BCUT2D eigenvalue weighted by Gasteiger charge is 2.32. The van der Waals surface area contributed by atoms with Crippen LogP contribution in [0.5, 0.6) is 0 Å². The fourth-order valence-electron chi connectivity index (χ4n) is 3.79. The molecule has 1 amide bonds. The SMILES string of the molecule is CCCC(NC(=O)c1ccc(S(=O)(=O)N2CC(C)OC(C)C2)cc1)c1ccccc1. The molecule has 0 spiro atoms. The molecular weight excluding hydrogens is 400 g/mol. The molecule has 0 bridgehead atoms. The summed E-state index contributed by atoms with van der Waals surface area (Å²) in [6.07, 6.45) is 1.47. The van der Waals surface area contributed by atoms with Crippen LogP contribution in [0.2, 0.25) is 0 Å². The molecule has 0 aromatic heterocycles. The van der Waals surface area contributed by atoms with Crippen molar-refractivity contribution >= 4 is 15.9 Å². The summed E-state index contributed by atoms with van der Waals surface area (Å²) >= 11 is 0. The molecular formula is C23H30N2O4S. The predicted molar refractivity (Wildman–Crippen MR) is 117 cm³/mol. The standard InChI is InChI=1S/C23H30N2O4S/c1-4-8-22(19-9-6-5-7-10-19)24-23(26)20-11-13-21(14-12-20)30(27,28)25-15-17(2)29-18(3)16-25/h5-7,9-14,17-18,22H,4,8,15-16H2,1-3H3,(H,24,26). The highest BCUT2D eigenvalue weighted by atomic mass is 32.2. The number of ether oxygens (including phenoxy) is 1. The van der Waals surface area contributed by atoms with E-state index >= 15 is 0 Å². The number of hydrogen-bond acceptors (Lipinski definition) is 4. The molecule has 1 fully saturated rings. The van der Waals surface area contributed by atoms with Crippen molar-refractivity contribution in [1.29, 1.82) is 0 Å². The molecule has 0 saturated carbocycles. The van der Waals surface area contributed by atoms with Gasteiger partial charge in [-0.05, 0) is 50.1 Å². The number of nitrogens with zero attached hydrogens (tertiary/aromatic N) is 1. The topological polar surface area (TPSA) is 75.7 Å². The summed E-state index contributed by atoms with van der Waals surface area (Å²) in [6.45, 7) is 6.46. The lowest BCUT2D eigenvalue weighted by molar-refractivity contribution is -0.0440. The van der Waals surface area contributed by atoms with Crippen LogP contribution in [0.25, 0.3) is 0 Å². The maximum absolute atomic E-state index is 13.0. The van der Waals surface area contributed by atoms with Gasteiger partial charge in [0, 0.05) is 18.7 Å². The van der Waals surface area contributed by atoms with E-state index in [2.05, 4.69) is 12.2 Å². The fourth-order valence-corrected chi connectivity index (χ4v) is 5.38. The summed E-state index contributed by atoms with van der Waals surface area (Å²) in [5.74, 6) is -0.213. The molecule has 7 heteroatoms. The zero-order valence-corrected chi connectivity index (χ0v) is 18.6. The number of rotatable bonds is 7. The van der Waals surface area contributed by atoms with Crippen molar-refractivity contribution in [2.45, 2.75) is 56.8 Å². The minimum atomic E-state index is -3.62. The first kappa shape index (κ1) is 22.5. The zero-order chi connectivity index (χ0) is 21.7. The smallest absolute Gasteiger partial charge is 0.251 e. The Kier molecular flexibility index (Phi) is 7.28. The Balaban J connectivity index is 1.73. The number of benzene rings is 2. The molecule has 6 nitrogen and oxygen atoms in total. The average molecular weight is 431 g/mol. The van der Waals surface area contributed by atoms with E-state index < -0.39 is 10.0 Å². The summed E-state index contributed by atoms with van der Waals surface area (Å²) in [4.78, 5) is 13.0. The van der Waals surface area contributed by atoms with E-state index in [0.717, 1.165) is 18.4 Å². The third-order valence-corrected chi connectivity index (χ3v) is 7.07. The van der Waals surface area contributed by atoms with Gasteiger partial charge in [-0.1, -0.05) is 43.7 Å². The van der Waals surface area contributed by atoms with Crippen molar-refractivity contribution in [3.8, 4) is 0 Å². The summed E-state index contributed by atoms with van der Waals surface area (Å²) in [7, 11) is -3.62. The Bertz CT molecular complexity index is 935. The van der Waals surface area contributed by atoms with Crippen LogP contribution >= 0.6 is 0 Å². The number of carbonyl (C=O) groups is 1. The maximum atomic E-state index is 13.0. The first-order valence-corrected chi connectivity index (χ1v) is 11.9. The van der Waals surface area contributed by atoms with Crippen LogP contribution in [0.1, 0.15) is 55.6 Å². The van der Waals surface area contributed by atoms with E-state index in [4.69, 9.17) is 4.74 Å². The van der Waals surface area contributed by atoms with E-state index in [9.17, 15) is 13.2 Å². The van der Waals surface area contributed by atoms with E-state index in [-0.39, 0.29) is 29.1 Å². The van der Waals surface area contributed by atoms with Crippen LogP contribution in [0.3, 0.4) is 0 Å². The number of nitrogens with one attached hydrogen (secondary N) is 1. The maximum Gasteiger partial charge on any atom is 0.251 e. The van der Waals surface area contributed by atoms with Crippen LogP contribution < -0.4 is 5.32 Å². The van der Waals surface area contributed by atoms with Gasteiger partial charge in [-0.2, -0.15) is 4.31 Å². The molecule has 3 rings (SSSR count). The second-order valence-corrected chi connectivity index (χ2v) is 9.77. The van der Waals surface area contributed by atoms with Gasteiger partial charge in [-0.15, -0.1) is 0 Å². The zero-order valence-electron chi connectivity index (χ0n) is 17.7. The second kappa shape index (κ2) is 9.73. The first-order chi connectivity index (χ1) is 14.3. The number of sulfonamides is 1. The minimum Gasteiger partial charge on any atom is -0.373 e. The van der Waals surface area contributed by atoms with Crippen molar-refractivity contribution in [2.75, 3.05) is 13.1 Å². The third-order valence-electron chi connectivity index (χ3n) is 5.23. The summed E-state index contributed by atoms with van der Waals surface area (Å²) in [6, 6.07) is 15.9. The Morgan fingerprint density at radius 3 is 2.23 bits per heavy atom. The molecule has 0 radical (unpaired) electrons. The van der Waals surface area contributed by atoms with Crippen LogP contribution in [-0.2, 0) is 14.8 Å². The molecule has 0 aliphatic carbocycles. The lowest BCUT2D eigenvalue weighted by atomic mass is 10.0. The molecule has 1 N–H and O–H groups in total. The van der Waals surface area contributed by atoms with Gasteiger partial charge in [0.25, 0.3) is 5.91 Å². The summed E-state index contributed by atoms with van der Waals surface area (Å²) in [5.41, 5.74) is 1.50. The lowest BCUT2D eigenvalue weighted by Gasteiger charge is -2.34. The summed E-state index contributed by atoms with van der Waals surface area (Å²) < 4.78 is 33.0. The number of amides is 1. The number of morpholine rings is 1. The normalized spacial score (nSPS) is 21.2. The van der Waals surface area contributed by atoms with Gasteiger partial charge in [0.1, 0.15) is 0 Å². The highest BCUT2D eigenvalue weighted by Crippen LogP contribution is 2.22. The van der Waals surface area contributed by atoms with Crippen molar-refractivity contribution in [1.82, 2.24) is 9.62 Å². The number of hydrogen-bond donors (Lipinski definition) is 1. The Morgan fingerprint density at radius 2 is 1.67 bits per heavy atom. The van der Waals surface area contributed by atoms with Gasteiger partial charge < -0.3 is 10.1 Å². The van der Waals surface area contributed by atoms with Gasteiger partial charge in [0.05, 0.1) is 23.1 Å². The average Bonchev–Trinajstić information content (AvgIpc) is 2.73. The van der Waals surface area contributed by atoms with Gasteiger partial charge >= 0.3 is 0 Å². The largest absolute Gasteiger partial charge is 0.373 e. The lowest BCUT2D eigenvalue weighted by Crippen LogP contribution is -2.48. The molecule has 2 aromatic carbocycles. The van der Waals surface area contributed by atoms with E-state index in [1.165, 1.54) is 16.4 Å². The molecule has 2 aromatic rings. The van der Waals surface area contributed by atoms with Gasteiger partial charge in [-0.25, -0.2) is 8.42 Å². The third kappa shape index (κ3) is 5.28. The molecule has 1 heterocycles. The monoisotopic (exact) mass is 430 g/mol. The predicted octanol–water partition coefficient (Wildman–Crippen LogP) is 3.76. The van der Waals surface area contributed by atoms with Gasteiger partial charge in [0.2, 0.25) is 10.0 Å². The van der Waals surface area contributed by atoms with Crippen LogP contribution in [0, 0.1) is 0 Å². The minimum absolute atomic E-state index is 0.0802. The first-order valence-electron chi connectivity index (χ1n) is 10.4. The Hall–Kier alpha value is -2.22. The highest BCUT2D eigenvalue weighted by molar-refractivity contribution is 7.89. The fraction of sp³-hybridized carbons (Fsp3) is 0.435. The van der Waals surface area contributed by atoms with Crippen molar-refractivity contribution in [2.24, 2.45) is 0 Å². The van der Waals surface area contributed by atoms with E-state index in [1.807, 2.05) is 44.2 Å².